The Morgan fingerprint density at radius 1 is 1.14 bits per heavy atom. The number of carbonyl (C=O) groups excluding carboxylic acids is 1. The highest BCUT2D eigenvalue weighted by Gasteiger charge is 2.24. The minimum Gasteiger partial charge on any atom is -0.366 e. The van der Waals surface area contributed by atoms with Crippen LogP contribution in [0.4, 0.5) is 10.6 Å². The van der Waals surface area contributed by atoms with E-state index in [2.05, 4.69) is 52.0 Å². The van der Waals surface area contributed by atoms with Gasteiger partial charge in [0.25, 0.3) is 0 Å². The quantitative estimate of drug-likeness (QED) is 0.728. The van der Waals surface area contributed by atoms with Crippen molar-refractivity contribution in [1.29, 1.82) is 0 Å². The molecule has 1 aliphatic rings. The number of anilines is 1. The van der Waals surface area contributed by atoms with Gasteiger partial charge in [0.15, 0.2) is 0 Å². The lowest BCUT2D eigenvalue weighted by atomic mass is 10.0. The molecular weight excluding hydrogens is 350 g/mol. The predicted octanol–water partition coefficient (Wildman–Crippen LogP) is 3.86. The number of amides is 2. The molecule has 0 radical (unpaired) electrons. The van der Waals surface area contributed by atoms with Crippen molar-refractivity contribution >= 4 is 11.8 Å². The summed E-state index contributed by atoms with van der Waals surface area (Å²) in [5.41, 5.74) is 1.33. The number of aryl methyl sites for hydroxylation is 1. The van der Waals surface area contributed by atoms with Gasteiger partial charge in [0.1, 0.15) is 5.82 Å². The Balaban J connectivity index is 1.43. The number of nitrogens with zero attached hydrogens (tertiary/aromatic N) is 3. The van der Waals surface area contributed by atoms with Crippen molar-refractivity contribution in [2.45, 2.75) is 57.5 Å². The lowest BCUT2D eigenvalue weighted by Crippen LogP contribution is -2.49. The van der Waals surface area contributed by atoms with Gasteiger partial charge in [0, 0.05) is 31.4 Å². The molecule has 6 heteroatoms. The molecule has 2 aromatic rings. The van der Waals surface area contributed by atoms with Crippen LogP contribution in [0.25, 0.3) is 0 Å². The molecule has 6 nitrogen and oxygen atoms in total. The molecular formula is C22H31N5O. The third-order valence-corrected chi connectivity index (χ3v) is 5.30. The molecule has 3 rings (SSSR count). The van der Waals surface area contributed by atoms with E-state index in [0.717, 1.165) is 57.4 Å². The summed E-state index contributed by atoms with van der Waals surface area (Å²) in [5.74, 6) is 0.800. The Kier molecular flexibility index (Phi) is 7.64. The molecule has 2 heterocycles. The Labute approximate surface area is 167 Å². The standard InChI is InChI=1S/C22H31N5O/c1-2-7-19(12-11-18-8-4-3-5-9-18)25-22(28)27-16-13-20(14-17-27)24-21-10-6-15-23-26-21/h3-6,8-10,15,19-20H,2,7,11-14,16-17H2,1H3,(H,24,26)(H,25,28). The van der Waals surface area contributed by atoms with E-state index < -0.39 is 0 Å². The monoisotopic (exact) mass is 381 g/mol. The van der Waals surface area contributed by atoms with Gasteiger partial charge in [0.05, 0.1) is 0 Å². The van der Waals surface area contributed by atoms with Gasteiger partial charge in [0.2, 0.25) is 0 Å². The van der Waals surface area contributed by atoms with Crippen molar-refractivity contribution in [3.8, 4) is 0 Å². The molecule has 1 aliphatic heterocycles. The second-order valence-corrected chi connectivity index (χ2v) is 7.47. The Bertz CT molecular complexity index is 701. The van der Waals surface area contributed by atoms with Crippen LogP contribution in [0.1, 0.15) is 44.6 Å². The highest BCUT2D eigenvalue weighted by molar-refractivity contribution is 5.74. The molecule has 0 aliphatic carbocycles. The van der Waals surface area contributed by atoms with Gasteiger partial charge in [-0.05, 0) is 49.8 Å². The predicted molar refractivity (Wildman–Crippen MR) is 112 cm³/mol. The minimum absolute atomic E-state index is 0.0736. The number of hydrogen-bond acceptors (Lipinski definition) is 4. The number of piperidine rings is 1. The van der Waals surface area contributed by atoms with E-state index in [4.69, 9.17) is 0 Å². The third kappa shape index (κ3) is 6.22. The van der Waals surface area contributed by atoms with Crippen LogP contribution in [-0.4, -0.2) is 46.3 Å². The number of carbonyl (C=O) groups is 1. The van der Waals surface area contributed by atoms with E-state index in [0.29, 0.717) is 6.04 Å². The van der Waals surface area contributed by atoms with E-state index in [1.165, 1.54) is 5.56 Å². The molecule has 1 saturated heterocycles. The summed E-state index contributed by atoms with van der Waals surface area (Å²) in [6.45, 7) is 3.70. The normalized spacial score (nSPS) is 15.8. The number of urea groups is 1. The van der Waals surface area contributed by atoms with Crippen LogP contribution >= 0.6 is 0 Å². The molecule has 0 saturated carbocycles. The summed E-state index contributed by atoms with van der Waals surface area (Å²) in [5, 5.41) is 14.6. The van der Waals surface area contributed by atoms with Gasteiger partial charge in [-0.2, -0.15) is 5.10 Å². The number of aromatic nitrogens is 2. The number of benzene rings is 1. The van der Waals surface area contributed by atoms with E-state index in [9.17, 15) is 4.79 Å². The number of nitrogens with one attached hydrogen (secondary N) is 2. The fourth-order valence-corrected chi connectivity index (χ4v) is 3.70. The topological polar surface area (TPSA) is 70.2 Å². The first kappa shape index (κ1) is 20.1. The lowest BCUT2D eigenvalue weighted by molar-refractivity contribution is 0.178. The van der Waals surface area contributed by atoms with Crippen molar-refractivity contribution in [1.82, 2.24) is 20.4 Å². The summed E-state index contributed by atoms with van der Waals surface area (Å²) >= 11 is 0. The Morgan fingerprint density at radius 3 is 2.61 bits per heavy atom. The maximum Gasteiger partial charge on any atom is 0.317 e. The van der Waals surface area contributed by atoms with Crippen LogP contribution in [-0.2, 0) is 6.42 Å². The average molecular weight is 382 g/mol. The minimum atomic E-state index is 0.0736. The van der Waals surface area contributed by atoms with Gasteiger partial charge in [-0.3, -0.25) is 0 Å². The van der Waals surface area contributed by atoms with Crippen molar-refractivity contribution in [2.75, 3.05) is 18.4 Å². The van der Waals surface area contributed by atoms with Gasteiger partial charge < -0.3 is 15.5 Å². The van der Waals surface area contributed by atoms with Crippen LogP contribution in [0.3, 0.4) is 0 Å². The van der Waals surface area contributed by atoms with Gasteiger partial charge in [-0.1, -0.05) is 43.7 Å². The number of hydrogen-bond donors (Lipinski definition) is 2. The van der Waals surface area contributed by atoms with E-state index in [-0.39, 0.29) is 12.1 Å². The highest BCUT2D eigenvalue weighted by atomic mass is 16.2. The van der Waals surface area contributed by atoms with E-state index >= 15 is 0 Å². The van der Waals surface area contributed by atoms with Gasteiger partial charge in [-0.15, -0.1) is 5.10 Å². The number of rotatable bonds is 8. The average Bonchev–Trinajstić information content (AvgIpc) is 2.74. The maximum atomic E-state index is 12.7. The largest absolute Gasteiger partial charge is 0.366 e. The van der Waals surface area contributed by atoms with Crippen LogP contribution in [0.15, 0.2) is 48.7 Å². The fraction of sp³-hybridized carbons (Fsp3) is 0.500. The zero-order valence-corrected chi connectivity index (χ0v) is 16.7. The third-order valence-electron chi connectivity index (χ3n) is 5.30. The van der Waals surface area contributed by atoms with Gasteiger partial charge >= 0.3 is 6.03 Å². The fourth-order valence-electron chi connectivity index (χ4n) is 3.70. The first-order valence-corrected chi connectivity index (χ1v) is 10.4. The second kappa shape index (κ2) is 10.6. The SMILES string of the molecule is CCCC(CCc1ccccc1)NC(=O)N1CCC(Nc2cccnn2)CC1. The van der Waals surface area contributed by atoms with Crippen LogP contribution in [0.2, 0.25) is 0 Å². The molecule has 1 fully saturated rings. The highest BCUT2D eigenvalue weighted by Crippen LogP contribution is 2.16. The zero-order chi connectivity index (χ0) is 19.6. The lowest BCUT2D eigenvalue weighted by Gasteiger charge is -2.33. The summed E-state index contributed by atoms with van der Waals surface area (Å²) in [7, 11) is 0. The molecule has 1 unspecified atom stereocenters. The molecule has 2 N–H and O–H groups in total. The molecule has 0 spiro atoms. The summed E-state index contributed by atoms with van der Waals surface area (Å²) in [6.07, 6.45) is 7.58. The van der Waals surface area contributed by atoms with Crippen molar-refractivity contribution < 1.29 is 4.79 Å². The van der Waals surface area contributed by atoms with Crippen molar-refractivity contribution in [2.24, 2.45) is 0 Å². The van der Waals surface area contributed by atoms with Crippen LogP contribution in [0.5, 0.6) is 0 Å². The van der Waals surface area contributed by atoms with Gasteiger partial charge in [-0.25, -0.2) is 4.79 Å². The summed E-state index contributed by atoms with van der Waals surface area (Å²) in [4.78, 5) is 14.7. The first-order chi connectivity index (χ1) is 13.7. The van der Waals surface area contributed by atoms with Crippen LogP contribution in [0, 0.1) is 0 Å². The summed E-state index contributed by atoms with van der Waals surface area (Å²) in [6, 6.07) is 14.9. The van der Waals surface area contributed by atoms with E-state index in [1.807, 2.05) is 23.1 Å². The van der Waals surface area contributed by atoms with Crippen molar-refractivity contribution in [3.05, 3.63) is 54.2 Å². The first-order valence-electron chi connectivity index (χ1n) is 10.4. The van der Waals surface area contributed by atoms with Crippen LogP contribution < -0.4 is 10.6 Å². The molecule has 1 aromatic carbocycles. The molecule has 2 amide bonds. The number of likely N-dealkylation sites (tertiary alicyclic amines) is 1. The maximum absolute atomic E-state index is 12.7. The molecule has 150 valence electrons. The smallest absolute Gasteiger partial charge is 0.317 e. The second-order valence-electron chi connectivity index (χ2n) is 7.47. The Morgan fingerprint density at radius 2 is 1.93 bits per heavy atom. The van der Waals surface area contributed by atoms with Crippen molar-refractivity contribution in [3.63, 3.8) is 0 Å². The van der Waals surface area contributed by atoms with E-state index in [1.54, 1.807) is 6.20 Å². The zero-order valence-electron chi connectivity index (χ0n) is 16.7. The molecule has 1 atom stereocenters. The summed E-state index contributed by atoms with van der Waals surface area (Å²) < 4.78 is 0. The molecule has 28 heavy (non-hydrogen) atoms. The molecule has 1 aromatic heterocycles. The molecule has 0 bridgehead atoms. The Hall–Kier alpha value is -2.63.